The Morgan fingerprint density at radius 3 is 1.79 bits per heavy atom. The molecule has 352 valence electrons. The van der Waals surface area contributed by atoms with E-state index in [2.05, 4.69) is 37.2 Å². The van der Waals surface area contributed by atoms with Crippen LogP contribution in [0.3, 0.4) is 0 Å². The highest BCUT2D eigenvalue weighted by Crippen LogP contribution is 2.19. The van der Waals surface area contributed by atoms with Crippen molar-refractivity contribution < 1.29 is 63.3 Å². The molecule has 24 nitrogen and oxygen atoms in total. The van der Waals surface area contributed by atoms with Crippen LogP contribution in [-0.4, -0.2) is 161 Å². The van der Waals surface area contributed by atoms with Gasteiger partial charge in [-0.3, -0.25) is 43.2 Å². The average Bonchev–Trinajstić information content (AvgIpc) is 3.70. The van der Waals surface area contributed by atoms with Gasteiger partial charge < -0.3 is 74.6 Å². The molecule has 0 bridgehead atoms. The van der Waals surface area contributed by atoms with Crippen LogP contribution in [0.25, 0.3) is 0 Å². The van der Waals surface area contributed by atoms with E-state index in [0.717, 1.165) is 0 Å². The molecule has 0 spiro atoms. The quantitative estimate of drug-likeness (QED) is 0.0314. The van der Waals surface area contributed by atoms with Gasteiger partial charge in [-0.15, -0.1) is 0 Å². The molecule has 0 saturated carbocycles. The number of carbonyl (C=O) groups excluding carboxylic acids is 8. The Kier molecular flexibility index (Phi) is 24.8. The molecule has 1 aliphatic rings. The Balaban J connectivity index is 2.84. The lowest BCUT2D eigenvalue weighted by atomic mass is 10.0. The summed E-state index contributed by atoms with van der Waals surface area (Å²) >= 11 is 0. The van der Waals surface area contributed by atoms with Gasteiger partial charge in [0.05, 0.1) is 25.6 Å². The highest BCUT2D eigenvalue weighted by molar-refractivity contribution is 5.98. The molecule has 0 aliphatic carbocycles. The molecule has 1 saturated heterocycles. The normalized spacial score (nSPS) is 16.9. The maximum atomic E-state index is 13.4. The van der Waals surface area contributed by atoms with Gasteiger partial charge in [-0.25, -0.2) is 4.79 Å². The Morgan fingerprint density at radius 1 is 0.661 bits per heavy atom. The average molecular weight is 886 g/mol. The maximum absolute atomic E-state index is 13.4. The number of nitrogens with one attached hydrogen (secondary N) is 7. The van der Waals surface area contributed by atoms with E-state index in [0.29, 0.717) is 45.2 Å². The van der Waals surface area contributed by atoms with Gasteiger partial charge in [0.1, 0.15) is 42.3 Å². The summed E-state index contributed by atoms with van der Waals surface area (Å²) in [4.78, 5) is 128. The number of aliphatic hydroxyl groups excluding tert-OH is 1. The number of aliphatic hydroxyl groups is 1. The molecule has 0 aromatic carbocycles. The molecule has 8 amide bonds. The summed E-state index contributed by atoms with van der Waals surface area (Å²) in [6, 6.07) is -10.1. The number of amides is 8. The second kappa shape index (κ2) is 28.2. The number of unbranched alkanes of at least 4 members (excludes halogenated alkanes) is 2. The maximum Gasteiger partial charge on any atom is 0.326 e. The highest BCUT2D eigenvalue weighted by atomic mass is 16.4. The van der Waals surface area contributed by atoms with Gasteiger partial charge >= 0.3 is 11.9 Å². The zero-order chi connectivity index (χ0) is 47.1. The van der Waals surface area contributed by atoms with Crippen LogP contribution < -0.4 is 54.4 Å². The molecule has 0 aromatic rings. The topological polar surface area (TPSA) is 397 Å². The van der Waals surface area contributed by atoms with Crippen LogP contribution in [-0.2, 0) is 47.9 Å². The lowest BCUT2D eigenvalue weighted by molar-refractivity contribution is -0.143. The van der Waals surface area contributed by atoms with Crippen LogP contribution in [0, 0.1) is 5.92 Å². The van der Waals surface area contributed by atoms with Crippen LogP contribution in [0.15, 0.2) is 0 Å². The smallest absolute Gasteiger partial charge is 0.326 e. The standard InChI is InChI=1S/C38H67N11O13/c1-20(2)16-25(47-34(57)26(17-30(52)53)46-32(55)23(41)10-5-7-13-39)33(56)42-18-29(51)43-22(4)37(60)49-15-9-12-28(49)36(59)44-21(3)31(54)48-27(19-50)35(58)45-24(38(61)62)11-6-8-14-40/h20-28,50H,5-19,39-41H2,1-4H3,(H,42,56)(H,43,51)(H,44,59)(H,45,58)(H,46,55)(H,47,57)(H,48,54)(H,52,53)(H,61,62)/t21-,22-,23-,24-,25-,26-,27-,28-/m0/s1. The lowest BCUT2D eigenvalue weighted by Crippen LogP contribution is -2.58. The molecule has 1 rings (SSSR count). The van der Waals surface area contributed by atoms with Gasteiger partial charge in [-0.05, 0) is 84.2 Å². The third-order valence-electron chi connectivity index (χ3n) is 9.80. The van der Waals surface area contributed by atoms with E-state index >= 15 is 0 Å². The summed E-state index contributed by atoms with van der Waals surface area (Å²) in [6.07, 6.45) is 2.29. The molecule has 0 aromatic heterocycles. The second-order valence-corrected chi connectivity index (χ2v) is 15.6. The summed E-state index contributed by atoms with van der Waals surface area (Å²) in [6.45, 7) is 5.52. The predicted octanol–water partition coefficient (Wildman–Crippen LogP) is -4.77. The molecule has 0 unspecified atom stereocenters. The minimum atomic E-state index is -1.57. The number of carbonyl (C=O) groups is 10. The van der Waals surface area contributed by atoms with Crippen LogP contribution >= 0.6 is 0 Å². The largest absolute Gasteiger partial charge is 0.481 e. The van der Waals surface area contributed by atoms with Crippen LogP contribution in [0.1, 0.15) is 91.9 Å². The molecule has 8 atom stereocenters. The molecular weight excluding hydrogens is 818 g/mol. The Bertz CT molecular complexity index is 1570. The summed E-state index contributed by atoms with van der Waals surface area (Å²) in [5.41, 5.74) is 16.8. The van der Waals surface area contributed by atoms with Crippen LogP contribution in [0.4, 0.5) is 0 Å². The van der Waals surface area contributed by atoms with E-state index in [-0.39, 0.29) is 38.1 Å². The fourth-order valence-corrected chi connectivity index (χ4v) is 6.36. The van der Waals surface area contributed by atoms with Crippen molar-refractivity contribution in [1.29, 1.82) is 0 Å². The number of hydrogen-bond acceptors (Lipinski definition) is 14. The number of hydrogen-bond donors (Lipinski definition) is 13. The second-order valence-electron chi connectivity index (χ2n) is 15.6. The summed E-state index contributed by atoms with van der Waals surface area (Å²) in [7, 11) is 0. The molecular formula is C38H67N11O13. The molecule has 62 heavy (non-hydrogen) atoms. The summed E-state index contributed by atoms with van der Waals surface area (Å²) < 4.78 is 0. The number of carboxylic acid groups (broad SMARTS) is 2. The first-order valence-electron chi connectivity index (χ1n) is 20.8. The first kappa shape index (κ1) is 54.6. The van der Waals surface area contributed by atoms with E-state index in [1.165, 1.54) is 18.7 Å². The lowest BCUT2D eigenvalue weighted by Gasteiger charge is -2.28. The molecule has 1 aliphatic heterocycles. The van der Waals surface area contributed by atoms with Crippen molar-refractivity contribution in [3.8, 4) is 0 Å². The number of rotatable bonds is 29. The number of carboxylic acids is 2. The summed E-state index contributed by atoms with van der Waals surface area (Å²) in [5, 5.41) is 45.2. The van der Waals surface area contributed by atoms with E-state index in [1.807, 2.05) is 0 Å². The summed E-state index contributed by atoms with van der Waals surface area (Å²) in [5.74, 6) is -9.38. The van der Waals surface area contributed by atoms with E-state index in [1.54, 1.807) is 13.8 Å². The van der Waals surface area contributed by atoms with Gasteiger partial charge in [0.15, 0.2) is 0 Å². The minimum Gasteiger partial charge on any atom is -0.481 e. The minimum absolute atomic E-state index is 0.0691. The fourth-order valence-electron chi connectivity index (χ4n) is 6.36. The van der Waals surface area contributed by atoms with Crippen molar-refractivity contribution in [3.63, 3.8) is 0 Å². The number of nitrogens with two attached hydrogens (primary N) is 3. The molecule has 16 N–H and O–H groups in total. The predicted molar refractivity (Wildman–Crippen MR) is 221 cm³/mol. The SMILES string of the molecule is CC(C)C[C@H](NC(=O)[C@H](CC(=O)O)NC(=O)[C@@H](N)CCCCN)C(=O)NCC(=O)N[C@@H](C)C(=O)N1CCC[C@H]1C(=O)N[C@@H](C)C(=O)N[C@@H](CO)C(=O)N[C@@H](CCCCN)C(=O)O. The molecule has 24 heteroatoms. The van der Waals surface area contributed by atoms with Crippen molar-refractivity contribution in [2.24, 2.45) is 23.1 Å². The van der Waals surface area contributed by atoms with Gasteiger partial charge in [0.2, 0.25) is 47.3 Å². The third-order valence-corrected chi connectivity index (χ3v) is 9.80. The molecule has 0 radical (unpaired) electrons. The monoisotopic (exact) mass is 885 g/mol. The van der Waals surface area contributed by atoms with E-state index < -0.39 is 127 Å². The Labute approximate surface area is 360 Å². The third kappa shape index (κ3) is 19.5. The van der Waals surface area contributed by atoms with Crippen molar-refractivity contribution in [2.75, 3.05) is 32.8 Å². The fraction of sp³-hybridized carbons (Fsp3) is 0.737. The number of likely N-dealkylation sites (tertiary alicyclic amines) is 1. The van der Waals surface area contributed by atoms with Crippen LogP contribution in [0.2, 0.25) is 0 Å². The zero-order valence-corrected chi connectivity index (χ0v) is 35.9. The van der Waals surface area contributed by atoms with Crippen molar-refractivity contribution in [2.45, 2.75) is 140 Å². The number of nitrogens with zero attached hydrogens (tertiary/aromatic N) is 1. The van der Waals surface area contributed by atoms with Gasteiger partial charge in [-0.1, -0.05) is 20.3 Å². The zero-order valence-electron chi connectivity index (χ0n) is 35.9. The van der Waals surface area contributed by atoms with E-state index in [4.69, 9.17) is 17.2 Å². The van der Waals surface area contributed by atoms with Gasteiger partial charge in [0, 0.05) is 6.54 Å². The first-order chi connectivity index (χ1) is 29.2. The molecule has 1 heterocycles. The Morgan fingerprint density at radius 2 is 1.23 bits per heavy atom. The van der Waals surface area contributed by atoms with Crippen molar-refractivity contribution in [1.82, 2.24) is 42.1 Å². The first-order valence-corrected chi connectivity index (χ1v) is 20.8. The van der Waals surface area contributed by atoms with Crippen LogP contribution in [0.5, 0.6) is 0 Å². The Hall–Kier alpha value is -5.46. The highest BCUT2D eigenvalue weighted by Gasteiger charge is 2.38. The number of aliphatic carboxylic acids is 2. The van der Waals surface area contributed by atoms with Crippen molar-refractivity contribution >= 4 is 59.2 Å². The van der Waals surface area contributed by atoms with E-state index in [9.17, 15) is 63.3 Å². The van der Waals surface area contributed by atoms with Crippen molar-refractivity contribution in [3.05, 3.63) is 0 Å². The van der Waals surface area contributed by atoms with Gasteiger partial charge in [0.25, 0.3) is 0 Å². The molecule has 1 fully saturated rings. The van der Waals surface area contributed by atoms with Gasteiger partial charge in [-0.2, -0.15) is 0 Å².